The van der Waals surface area contributed by atoms with Crippen LogP contribution in [0.15, 0.2) is 24.3 Å². The number of anilines is 1. The predicted octanol–water partition coefficient (Wildman–Crippen LogP) is 0.682. The summed E-state index contributed by atoms with van der Waals surface area (Å²) in [5.41, 5.74) is 1.55. The van der Waals surface area contributed by atoms with Gasteiger partial charge >= 0.3 is 0 Å². The van der Waals surface area contributed by atoms with E-state index < -0.39 is 18.1 Å². The lowest BCUT2D eigenvalue weighted by molar-refractivity contribution is -0.143. The van der Waals surface area contributed by atoms with Gasteiger partial charge < -0.3 is 25.3 Å². The van der Waals surface area contributed by atoms with Crippen molar-refractivity contribution in [3.63, 3.8) is 0 Å². The van der Waals surface area contributed by atoms with Crippen LogP contribution in [-0.4, -0.2) is 97.1 Å². The zero-order valence-corrected chi connectivity index (χ0v) is 21.1. The normalized spacial score (nSPS) is 25.6. The molecule has 9 nitrogen and oxygen atoms in total. The van der Waals surface area contributed by atoms with Crippen LogP contribution in [0.5, 0.6) is 0 Å². The third-order valence-corrected chi connectivity index (χ3v) is 7.39. The summed E-state index contributed by atoms with van der Waals surface area (Å²) in [6.45, 7) is 9.49. The summed E-state index contributed by atoms with van der Waals surface area (Å²) < 4.78 is 0. The van der Waals surface area contributed by atoms with Crippen molar-refractivity contribution in [1.82, 2.24) is 20.4 Å². The Bertz CT molecular complexity index is 970. The number of hydrogen-bond donors (Lipinski definition) is 2. The van der Waals surface area contributed by atoms with Crippen molar-refractivity contribution in [1.29, 1.82) is 0 Å². The Morgan fingerprint density at radius 2 is 1.74 bits per heavy atom. The molecule has 4 unspecified atom stereocenters. The molecule has 4 rings (SSSR count). The summed E-state index contributed by atoms with van der Waals surface area (Å²) in [4.78, 5) is 57.8. The highest BCUT2D eigenvalue weighted by Crippen LogP contribution is 2.30. The number of nitrogens with one attached hydrogen (secondary N) is 2. The van der Waals surface area contributed by atoms with Gasteiger partial charge in [0, 0.05) is 43.5 Å². The van der Waals surface area contributed by atoms with Crippen molar-refractivity contribution in [3.05, 3.63) is 29.8 Å². The minimum Gasteiger partial charge on any atom is -0.369 e. The summed E-state index contributed by atoms with van der Waals surface area (Å²) in [6.07, 6.45) is 0.845. The third kappa shape index (κ3) is 5.41. The number of likely N-dealkylation sites (N-methyl/N-ethyl adjacent to an activating group) is 1. The number of fused-ring (bicyclic) bond motifs is 1. The van der Waals surface area contributed by atoms with Gasteiger partial charge in [0.25, 0.3) is 5.91 Å². The fourth-order valence-corrected chi connectivity index (χ4v) is 5.44. The van der Waals surface area contributed by atoms with E-state index in [1.165, 1.54) is 11.8 Å². The van der Waals surface area contributed by atoms with Gasteiger partial charge in [0.1, 0.15) is 12.1 Å². The Balaban J connectivity index is 1.49. The summed E-state index contributed by atoms with van der Waals surface area (Å²) in [5, 5.41) is 6.04. The molecule has 2 amide bonds. The molecular formula is C26H37N5O4. The molecule has 0 bridgehead atoms. The van der Waals surface area contributed by atoms with Gasteiger partial charge in [-0.15, -0.1) is 0 Å². The maximum atomic E-state index is 13.7. The number of amides is 2. The third-order valence-electron chi connectivity index (χ3n) is 7.39. The number of nitrogens with zero attached hydrogens (tertiary/aromatic N) is 3. The van der Waals surface area contributed by atoms with Crippen molar-refractivity contribution in [2.45, 2.75) is 57.8 Å². The fraction of sp³-hybridized carbons (Fsp3) is 0.615. The molecule has 3 fully saturated rings. The molecule has 3 heterocycles. The van der Waals surface area contributed by atoms with E-state index >= 15 is 0 Å². The van der Waals surface area contributed by atoms with E-state index in [2.05, 4.69) is 27.5 Å². The second kappa shape index (κ2) is 10.5. The van der Waals surface area contributed by atoms with Crippen molar-refractivity contribution in [3.8, 4) is 0 Å². The molecule has 1 aromatic rings. The van der Waals surface area contributed by atoms with E-state index in [0.29, 0.717) is 18.4 Å². The van der Waals surface area contributed by atoms with Crippen LogP contribution < -0.4 is 15.5 Å². The smallest absolute Gasteiger partial charge is 0.251 e. The number of likely N-dealkylation sites (tertiary alicyclic amines) is 1. The van der Waals surface area contributed by atoms with Gasteiger partial charge in [-0.25, -0.2) is 0 Å². The summed E-state index contributed by atoms with van der Waals surface area (Å²) in [5.74, 6) is -0.779. The van der Waals surface area contributed by atoms with Gasteiger partial charge in [-0.3, -0.25) is 19.2 Å². The SMILES string of the molecule is CC(=O)C1CC2NCC(=O)C2N1C(=O)C(CC(C)C)NC(=O)c1ccc(N2CCN(C)CC2)cc1. The quantitative estimate of drug-likeness (QED) is 0.588. The molecule has 35 heavy (non-hydrogen) atoms. The maximum absolute atomic E-state index is 13.7. The van der Waals surface area contributed by atoms with Crippen LogP contribution in [0.2, 0.25) is 0 Å². The van der Waals surface area contributed by atoms with Gasteiger partial charge in [-0.2, -0.15) is 0 Å². The number of carbonyl (C=O) groups excluding carboxylic acids is 4. The van der Waals surface area contributed by atoms with E-state index in [1.54, 1.807) is 12.1 Å². The predicted molar refractivity (Wildman–Crippen MR) is 133 cm³/mol. The van der Waals surface area contributed by atoms with E-state index in [1.807, 2.05) is 26.0 Å². The Hall–Kier alpha value is -2.78. The molecule has 0 aromatic heterocycles. The molecule has 3 saturated heterocycles. The molecule has 0 saturated carbocycles. The summed E-state index contributed by atoms with van der Waals surface area (Å²) in [6, 6.07) is 5.14. The monoisotopic (exact) mass is 483 g/mol. The fourth-order valence-electron chi connectivity index (χ4n) is 5.44. The molecule has 4 atom stereocenters. The molecule has 9 heteroatoms. The average molecular weight is 484 g/mol. The average Bonchev–Trinajstić information content (AvgIpc) is 3.38. The maximum Gasteiger partial charge on any atom is 0.251 e. The van der Waals surface area contributed by atoms with Gasteiger partial charge in [-0.05, 0) is 57.0 Å². The molecule has 0 aliphatic carbocycles. The molecule has 3 aliphatic heterocycles. The highest BCUT2D eigenvalue weighted by Gasteiger charge is 2.52. The zero-order valence-electron chi connectivity index (χ0n) is 21.1. The minimum atomic E-state index is -0.811. The lowest BCUT2D eigenvalue weighted by Crippen LogP contribution is -2.56. The summed E-state index contributed by atoms with van der Waals surface area (Å²) in [7, 11) is 2.11. The molecule has 0 spiro atoms. The first-order valence-electron chi connectivity index (χ1n) is 12.6. The first-order chi connectivity index (χ1) is 16.7. The van der Waals surface area contributed by atoms with E-state index in [4.69, 9.17) is 0 Å². The van der Waals surface area contributed by atoms with E-state index in [9.17, 15) is 19.2 Å². The number of carbonyl (C=O) groups is 4. The van der Waals surface area contributed by atoms with Crippen LogP contribution >= 0.6 is 0 Å². The Morgan fingerprint density at radius 3 is 2.34 bits per heavy atom. The van der Waals surface area contributed by atoms with Gasteiger partial charge in [0.2, 0.25) is 5.91 Å². The van der Waals surface area contributed by atoms with E-state index in [-0.39, 0.29) is 41.9 Å². The van der Waals surface area contributed by atoms with Crippen LogP contribution in [-0.2, 0) is 14.4 Å². The Labute approximate surface area is 207 Å². The van der Waals surface area contributed by atoms with Crippen molar-refractivity contribution >= 4 is 29.1 Å². The number of rotatable bonds is 7. The van der Waals surface area contributed by atoms with Crippen LogP contribution in [0.4, 0.5) is 5.69 Å². The lowest BCUT2D eigenvalue weighted by atomic mass is 10.0. The highest BCUT2D eigenvalue weighted by molar-refractivity contribution is 6.01. The first-order valence-corrected chi connectivity index (χ1v) is 12.6. The van der Waals surface area contributed by atoms with Crippen molar-refractivity contribution in [2.75, 3.05) is 44.7 Å². The van der Waals surface area contributed by atoms with Crippen LogP contribution in [0, 0.1) is 5.92 Å². The molecule has 190 valence electrons. The first kappa shape index (κ1) is 25.3. The summed E-state index contributed by atoms with van der Waals surface area (Å²) >= 11 is 0. The number of ketones is 2. The number of Topliss-reactive ketones (excluding diaryl/α,β-unsaturated/α-hetero) is 2. The second-order valence-corrected chi connectivity index (χ2v) is 10.5. The second-order valence-electron chi connectivity index (χ2n) is 10.5. The van der Waals surface area contributed by atoms with Crippen LogP contribution in [0.1, 0.15) is 44.0 Å². The molecular weight excluding hydrogens is 446 g/mol. The molecule has 0 radical (unpaired) electrons. The molecule has 3 aliphatic rings. The highest BCUT2D eigenvalue weighted by atomic mass is 16.2. The molecule has 1 aromatic carbocycles. The topological polar surface area (TPSA) is 102 Å². The van der Waals surface area contributed by atoms with Crippen molar-refractivity contribution < 1.29 is 19.2 Å². The zero-order chi connectivity index (χ0) is 25.3. The van der Waals surface area contributed by atoms with E-state index in [0.717, 1.165) is 31.9 Å². The molecule has 2 N–H and O–H groups in total. The Morgan fingerprint density at radius 1 is 1.09 bits per heavy atom. The number of benzene rings is 1. The minimum absolute atomic E-state index is 0.0822. The Kier molecular flexibility index (Phi) is 7.56. The number of piperazine rings is 1. The largest absolute Gasteiger partial charge is 0.369 e. The van der Waals surface area contributed by atoms with Gasteiger partial charge in [0.15, 0.2) is 11.6 Å². The lowest BCUT2D eigenvalue weighted by Gasteiger charge is -2.34. The van der Waals surface area contributed by atoms with Gasteiger partial charge in [-0.1, -0.05) is 13.8 Å². The van der Waals surface area contributed by atoms with Crippen LogP contribution in [0.3, 0.4) is 0 Å². The number of hydrogen-bond acceptors (Lipinski definition) is 7. The van der Waals surface area contributed by atoms with Gasteiger partial charge in [0.05, 0.1) is 12.6 Å². The standard InChI is InChI=1S/C26H37N5O4/c1-16(2)13-21(26(35)31-22(17(3)32)14-20-24(31)23(33)15-27-20)28-25(34)18-5-7-19(8-6-18)30-11-9-29(4)10-12-30/h5-8,16,20-22,24,27H,9-15H2,1-4H3,(H,28,34). The van der Waals surface area contributed by atoms with Crippen molar-refractivity contribution in [2.24, 2.45) is 5.92 Å². The van der Waals surface area contributed by atoms with Crippen LogP contribution in [0.25, 0.3) is 0 Å².